The van der Waals surface area contributed by atoms with Crippen LogP contribution < -0.4 is 14.8 Å². The minimum absolute atomic E-state index is 0.0402. The standard InChI is InChI=1S/C20H22ClF3N2O4S/c1-12(2)10-25-31(28,29)15-5-7-18(13(3)8-15)30-11-19(27)26-17-6-4-14(21)9-16(17)20(22,23)24/h4-9,12,25H,10-11H2,1-3H3,(H,26,27). The van der Waals surface area contributed by atoms with Crippen LogP contribution >= 0.6 is 11.6 Å². The van der Waals surface area contributed by atoms with Gasteiger partial charge in [0.05, 0.1) is 16.1 Å². The number of alkyl halides is 3. The summed E-state index contributed by atoms with van der Waals surface area (Å²) in [6.07, 6.45) is -4.70. The first kappa shape index (κ1) is 25.0. The molecule has 0 saturated heterocycles. The summed E-state index contributed by atoms with van der Waals surface area (Å²) in [6, 6.07) is 7.09. The van der Waals surface area contributed by atoms with Gasteiger partial charge in [-0.15, -0.1) is 0 Å². The third kappa shape index (κ3) is 7.12. The molecule has 2 N–H and O–H groups in total. The SMILES string of the molecule is Cc1cc(S(=O)(=O)NCC(C)C)ccc1OCC(=O)Nc1ccc(Cl)cc1C(F)(F)F. The molecule has 2 aromatic rings. The van der Waals surface area contributed by atoms with Crippen molar-refractivity contribution in [3.8, 4) is 5.75 Å². The molecule has 31 heavy (non-hydrogen) atoms. The van der Waals surface area contributed by atoms with Crippen LogP contribution in [0.2, 0.25) is 5.02 Å². The predicted molar refractivity (Wildman–Crippen MR) is 112 cm³/mol. The highest BCUT2D eigenvalue weighted by Gasteiger charge is 2.34. The lowest BCUT2D eigenvalue weighted by Gasteiger charge is -2.15. The summed E-state index contributed by atoms with van der Waals surface area (Å²) >= 11 is 5.61. The van der Waals surface area contributed by atoms with E-state index >= 15 is 0 Å². The van der Waals surface area contributed by atoms with Crippen LogP contribution in [0.15, 0.2) is 41.3 Å². The molecule has 0 aromatic heterocycles. The van der Waals surface area contributed by atoms with Crippen LogP contribution in [0, 0.1) is 12.8 Å². The zero-order valence-corrected chi connectivity index (χ0v) is 18.6. The van der Waals surface area contributed by atoms with Gasteiger partial charge in [-0.05, 0) is 54.8 Å². The molecule has 1 amide bonds. The Hall–Kier alpha value is -2.30. The van der Waals surface area contributed by atoms with Gasteiger partial charge in [0, 0.05) is 11.6 Å². The lowest BCUT2D eigenvalue weighted by molar-refractivity contribution is -0.137. The van der Waals surface area contributed by atoms with Crippen molar-refractivity contribution in [3.63, 3.8) is 0 Å². The summed E-state index contributed by atoms with van der Waals surface area (Å²) in [5, 5.41) is 2.03. The Labute approximate surface area is 183 Å². The number of carbonyl (C=O) groups excluding carboxylic acids is 1. The van der Waals surface area contributed by atoms with E-state index in [-0.39, 0.29) is 28.1 Å². The van der Waals surface area contributed by atoms with Crippen LogP contribution in [0.25, 0.3) is 0 Å². The number of anilines is 1. The van der Waals surface area contributed by atoms with E-state index in [1.165, 1.54) is 24.3 Å². The van der Waals surface area contributed by atoms with E-state index in [4.69, 9.17) is 16.3 Å². The second kappa shape index (κ2) is 9.88. The van der Waals surface area contributed by atoms with Gasteiger partial charge >= 0.3 is 6.18 Å². The van der Waals surface area contributed by atoms with Crippen LogP contribution in [0.5, 0.6) is 5.75 Å². The third-order valence-electron chi connectivity index (χ3n) is 4.06. The van der Waals surface area contributed by atoms with E-state index in [1.54, 1.807) is 6.92 Å². The van der Waals surface area contributed by atoms with E-state index in [1.807, 2.05) is 13.8 Å². The number of ether oxygens (including phenoxy) is 1. The van der Waals surface area contributed by atoms with Gasteiger partial charge in [0.2, 0.25) is 10.0 Å². The molecule has 0 saturated carbocycles. The Morgan fingerprint density at radius 2 is 1.84 bits per heavy atom. The van der Waals surface area contributed by atoms with Crippen molar-refractivity contribution < 1.29 is 31.1 Å². The summed E-state index contributed by atoms with van der Waals surface area (Å²) in [7, 11) is -3.69. The number of benzene rings is 2. The first-order valence-electron chi connectivity index (χ1n) is 9.19. The maximum Gasteiger partial charge on any atom is 0.418 e. The number of hydrogen-bond acceptors (Lipinski definition) is 4. The fourth-order valence-electron chi connectivity index (χ4n) is 2.50. The normalized spacial score (nSPS) is 12.1. The molecule has 170 valence electrons. The smallest absolute Gasteiger partial charge is 0.418 e. The van der Waals surface area contributed by atoms with Crippen LogP contribution in [0.4, 0.5) is 18.9 Å². The molecule has 6 nitrogen and oxygen atoms in total. The maximum atomic E-state index is 13.1. The maximum absolute atomic E-state index is 13.1. The van der Waals surface area contributed by atoms with Gasteiger partial charge in [0.25, 0.3) is 5.91 Å². The summed E-state index contributed by atoms with van der Waals surface area (Å²) in [4.78, 5) is 12.1. The first-order valence-corrected chi connectivity index (χ1v) is 11.1. The van der Waals surface area contributed by atoms with Crippen molar-refractivity contribution in [3.05, 3.63) is 52.5 Å². The summed E-state index contributed by atoms with van der Waals surface area (Å²) in [5.74, 6) is -0.455. The van der Waals surface area contributed by atoms with Crippen molar-refractivity contribution >= 4 is 33.2 Å². The Balaban J connectivity index is 2.07. The Kier molecular flexibility index (Phi) is 7.96. The molecule has 2 aromatic carbocycles. The molecular formula is C20H22ClF3N2O4S. The van der Waals surface area contributed by atoms with Gasteiger partial charge in [0.1, 0.15) is 5.75 Å². The number of aryl methyl sites for hydroxylation is 1. The zero-order chi connectivity index (χ0) is 23.4. The van der Waals surface area contributed by atoms with Crippen molar-refractivity contribution in [1.82, 2.24) is 4.72 Å². The largest absolute Gasteiger partial charge is 0.483 e. The molecule has 0 radical (unpaired) electrons. The molecule has 0 atom stereocenters. The van der Waals surface area contributed by atoms with Crippen molar-refractivity contribution in [2.24, 2.45) is 5.92 Å². The molecule has 2 rings (SSSR count). The summed E-state index contributed by atoms with van der Waals surface area (Å²) in [6.45, 7) is 5.05. The topological polar surface area (TPSA) is 84.5 Å². The van der Waals surface area contributed by atoms with Gasteiger partial charge in [-0.3, -0.25) is 4.79 Å². The van der Waals surface area contributed by atoms with E-state index < -0.39 is 40.0 Å². The zero-order valence-electron chi connectivity index (χ0n) is 17.0. The average molecular weight is 479 g/mol. The molecule has 0 bridgehead atoms. The number of carbonyl (C=O) groups is 1. The number of sulfonamides is 1. The highest BCUT2D eigenvalue weighted by molar-refractivity contribution is 7.89. The average Bonchev–Trinajstić information content (AvgIpc) is 2.66. The molecule has 0 aliphatic heterocycles. The molecule has 0 unspecified atom stereocenters. The molecular weight excluding hydrogens is 457 g/mol. The van der Waals surface area contributed by atoms with E-state index in [0.717, 1.165) is 6.07 Å². The fourth-order valence-corrected chi connectivity index (χ4v) is 3.97. The minimum atomic E-state index is -4.70. The number of rotatable bonds is 8. The van der Waals surface area contributed by atoms with Crippen LogP contribution in [-0.4, -0.2) is 27.5 Å². The van der Waals surface area contributed by atoms with Crippen molar-refractivity contribution in [2.45, 2.75) is 31.8 Å². The van der Waals surface area contributed by atoms with Gasteiger partial charge in [0.15, 0.2) is 6.61 Å². The molecule has 0 aliphatic rings. The van der Waals surface area contributed by atoms with Gasteiger partial charge < -0.3 is 10.1 Å². The van der Waals surface area contributed by atoms with Gasteiger partial charge in [-0.25, -0.2) is 13.1 Å². The molecule has 0 heterocycles. The Bertz CT molecular complexity index is 1060. The number of hydrogen-bond donors (Lipinski definition) is 2. The fraction of sp³-hybridized carbons (Fsp3) is 0.350. The number of amides is 1. The predicted octanol–water partition coefficient (Wildman–Crippen LogP) is 4.62. The summed E-state index contributed by atoms with van der Waals surface area (Å²) < 4.78 is 71.8. The van der Waals surface area contributed by atoms with Crippen LogP contribution in [0.1, 0.15) is 25.0 Å². The lowest BCUT2D eigenvalue weighted by atomic mass is 10.1. The number of halogens is 4. The van der Waals surface area contributed by atoms with E-state index in [2.05, 4.69) is 10.0 Å². The Morgan fingerprint density at radius 3 is 2.42 bits per heavy atom. The van der Waals surface area contributed by atoms with E-state index in [0.29, 0.717) is 11.6 Å². The second-order valence-electron chi connectivity index (χ2n) is 7.20. The lowest BCUT2D eigenvalue weighted by Crippen LogP contribution is -2.27. The molecule has 0 spiro atoms. The minimum Gasteiger partial charge on any atom is -0.483 e. The quantitative estimate of drug-likeness (QED) is 0.580. The van der Waals surface area contributed by atoms with Gasteiger partial charge in [-0.1, -0.05) is 25.4 Å². The molecule has 0 aliphatic carbocycles. The first-order chi connectivity index (χ1) is 14.3. The molecule has 11 heteroatoms. The summed E-state index contributed by atoms with van der Waals surface area (Å²) in [5.41, 5.74) is -1.07. The van der Waals surface area contributed by atoms with Crippen molar-refractivity contribution in [2.75, 3.05) is 18.5 Å². The van der Waals surface area contributed by atoms with E-state index in [9.17, 15) is 26.4 Å². The highest BCUT2D eigenvalue weighted by atomic mass is 35.5. The van der Waals surface area contributed by atoms with Crippen molar-refractivity contribution in [1.29, 1.82) is 0 Å². The monoisotopic (exact) mass is 478 g/mol. The highest BCUT2D eigenvalue weighted by Crippen LogP contribution is 2.36. The van der Waals surface area contributed by atoms with Crippen LogP contribution in [0.3, 0.4) is 0 Å². The van der Waals surface area contributed by atoms with Gasteiger partial charge in [-0.2, -0.15) is 13.2 Å². The number of nitrogens with one attached hydrogen (secondary N) is 2. The Morgan fingerprint density at radius 1 is 1.16 bits per heavy atom. The third-order valence-corrected chi connectivity index (χ3v) is 5.71. The molecule has 0 fully saturated rings. The van der Waals surface area contributed by atoms with Crippen LogP contribution in [-0.2, 0) is 21.0 Å². The second-order valence-corrected chi connectivity index (χ2v) is 9.40.